The van der Waals surface area contributed by atoms with Gasteiger partial charge in [-0.2, -0.15) is 0 Å². The van der Waals surface area contributed by atoms with E-state index in [-0.39, 0.29) is 17.2 Å². The Morgan fingerprint density at radius 1 is 1.15 bits per heavy atom. The molecule has 0 aliphatic carbocycles. The highest BCUT2D eigenvalue weighted by atomic mass is 35.5. The van der Waals surface area contributed by atoms with Crippen molar-refractivity contribution in [2.75, 3.05) is 0 Å². The second kappa shape index (κ2) is 10.7. The molecule has 0 spiro atoms. The number of carbonyl (C=O) groups is 1. The van der Waals surface area contributed by atoms with Crippen molar-refractivity contribution >= 4 is 39.4 Å². The average molecular weight is 587 g/mol. The zero-order valence-electron chi connectivity index (χ0n) is 21.7. The monoisotopic (exact) mass is 586 g/mol. The fraction of sp³-hybridized carbons (Fsp3) is 0.172. The number of alkyl halides is 3. The van der Waals surface area contributed by atoms with E-state index in [2.05, 4.69) is 16.5 Å². The van der Waals surface area contributed by atoms with E-state index in [4.69, 9.17) is 25.6 Å². The van der Waals surface area contributed by atoms with Crippen LogP contribution in [0.25, 0.3) is 27.7 Å². The average Bonchev–Trinajstić information content (AvgIpc) is 3.42. The molecule has 212 valence electrons. The van der Waals surface area contributed by atoms with Gasteiger partial charge in [0.1, 0.15) is 17.2 Å². The van der Waals surface area contributed by atoms with Crippen LogP contribution in [0.3, 0.4) is 0 Å². The fourth-order valence-electron chi connectivity index (χ4n) is 4.42. The molecule has 0 aliphatic rings. The van der Waals surface area contributed by atoms with Crippen LogP contribution >= 0.6 is 11.6 Å². The van der Waals surface area contributed by atoms with Crippen LogP contribution in [-0.4, -0.2) is 33.3 Å². The van der Waals surface area contributed by atoms with Gasteiger partial charge >= 0.3 is 12.3 Å². The summed E-state index contributed by atoms with van der Waals surface area (Å²) in [7, 11) is 0. The summed E-state index contributed by atoms with van der Waals surface area (Å²) in [5.74, 6) is -0.487. The van der Waals surface area contributed by atoms with Gasteiger partial charge < -0.3 is 23.8 Å². The van der Waals surface area contributed by atoms with Crippen molar-refractivity contribution in [3.05, 3.63) is 83.5 Å². The number of hydrogen-bond acceptors (Lipinski definition) is 6. The van der Waals surface area contributed by atoms with Gasteiger partial charge in [0, 0.05) is 22.5 Å². The number of benzene rings is 3. The van der Waals surface area contributed by atoms with Crippen LogP contribution in [0.5, 0.6) is 23.0 Å². The number of halogens is 4. The third kappa shape index (κ3) is 5.66. The molecule has 2 heterocycles. The number of allylic oxidation sites excluding steroid dienone is 1. The van der Waals surface area contributed by atoms with Crippen LogP contribution in [0.1, 0.15) is 18.2 Å². The van der Waals surface area contributed by atoms with Crippen LogP contribution in [-0.2, 0) is 11.2 Å². The van der Waals surface area contributed by atoms with Crippen LogP contribution in [0.4, 0.5) is 13.2 Å². The fourth-order valence-corrected chi connectivity index (χ4v) is 4.58. The second-order valence-corrected chi connectivity index (χ2v) is 9.52. The van der Waals surface area contributed by atoms with Crippen molar-refractivity contribution in [2.24, 2.45) is 0 Å². The third-order valence-corrected chi connectivity index (χ3v) is 6.49. The number of aromatic nitrogens is 2. The topological polar surface area (TPSA) is 96.0 Å². The predicted molar refractivity (Wildman–Crippen MR) is 145 cm³/mol. The van der Waals surface area contributed by atoms with Crippen LogP contribution in [0.2, 0.25) is 5.02 Å². The lowest BCUT2D eigenvalue weighted by molar-refractivity contribution is -0.274. The summed E-state index contributed by atoms with van der Waals surface area (Å²) in [4.78, 5) is 11.4. The van der Waals surface area contributed by atoms with Crippen molar-refractivity contribution < 1.29 is 41.8 Å². The maximum atomic E-state index is 13.1. The molecule has 12 heteroatoms. The number of hydrogen-bond donors (Lipinski definition) is 1. The molecule has 2 aromatic heterocycles. The minimum absolute atomic E-state index is 0.214. The number of rotatable bonds is 9. The van der Waals surface area contributed by atoms with Crippen molar-refractivity contribution in [3.63, 3.8) is 0 Å². The van der Waals surface area contributed by atoms with E-state index >= 15 is 0 Å². The van der Waals surface area contributed by atoms with E-state index < -0.39 is 24.2 Å². The number of ether oxygens (including phenoxy) is 3. The Hall–Kier alpha value is -4.64. The highest BCUT2D eigenvalue weighted by Crippen LogP contribution is 2.42. The molecule has 0 unspecified atom stereocenters. The van der Waals surface area contributed by atoms with Gasteiger partial charge in [0.2, 0.25) is 0 Å². The Kier molecular flexibility index (Phi) is 7.31. The second-order valence-electron chi connectivity index (χ2n) is 9.09. The molecule has 3 aromatic carbocycles. The highest BCUT2D eigenvalue weighted by molar-refractivity contribution is 6.31. The molecule has 0 saturated carbocycles. The van der Waals surface area contributed by atoms with Gasteiger partial charge in [-0.1, -0.05) is 28.9 Å². The lowest BCUT2D eigenvalue weighted by Crippen LogP contribution is -2.23. The van der Waals surface area contributed by atoms with Crippen molar-refractivity contribution in [3.8, 4) is 28.8 Å². The zero-order chi connectivity index (χ0) is 29.5. The number of fused-ring (bicyclic) bond motifs is 2. The molecular formula is C29H22ClF3N2O6. The van der Waals surface area contributed by atoms with Gasteiger partial charge in [-0.05, 0) is 62.2 Å². The molecule has 5 aromatic rings. The Morgan fingerprint density at radius 3 is 2.61 bits per heavy atom. The molecule has 0 fully saturated rings. The minimum Gasteiger partial charge on any atom is -0.479 e. The zero-order valence-corrected chi connectivity index (χ0v) is 22.4. The third-order valence-electron chi connectivity index (χ3n) is 6.25. The summed E-state index contributed by atoms with van der Waals surface area (Å²) >= 11 is 6.09. The van der Waals surface area contributed by atoms with E-state index in [1.807, 2.05) is 0 Å². The Bertz CT molecular complexity index is 1790. The Labute approximate surface area is 236 Å². The van der Waals surface area contributed by atoms with Crippen molar-refractivity contribution in [1.82, 2.24) is 9.72 Å². The first kappa shape index (κ1) is 27.9. The molecule has 1 N–H and O–H groups in total. The molecule has 0 bridgehead atoms. The first-order chi connectivity index (χ1) is 19.4. The highest BCUT2D eigenvalue weighted by Gasteiger charge is 2.32. The van der Waals surface area contributed by atoms with E-state index in [9.17, 15) is 23.1 Å². The summed E-state index contributed by atoms with van der Waals surface area (Å²) in [5.41, 5.74) is 2.05. The van der Waals surface area contributed by atoms with E-state index in [1.54, 1.807) is 47.9 Å². The van der Waals surface area contributed by atoms with Gasteiger partial charge in [0.05, 0.1) is 16.6 Å². The number of aliphatic carboxylic acids is 1. The van der Waals surface area contributed by atoms with E-state index in [0.29, 0.717) is 50.4 Å². The maximum absolute atomic E-state index is 13.1. The van der Waals surface area contributed by atoms with Gasteiger partial charge in [0.15, 0.2) is 23.3 Å². The van der Waals surface area contributed by atoms with E-state index in [1.165, 1.54) is 31.2 Å². The molecule has 0 saturated heterocycles. The number of carboxylic acid groups (broad SMARTS) is 1. The first-order valence-corrected chi connectivity index (χ1v) is 12.6. The minimum atomic E-state index is -4.90. The molecule has 0 radical (unpaired) electrons. The molecule has 5 rings (SSSR count). The lowest BCUT2D eigenvalue weighted by Gasteiger charge is -2.16. The summed E-state index contributed by atoms with van der Waals surface area (Å²) < 4.78 is 62.4. The molecule has 0 aliphatic heterocycles. The van der Waals surface area contributed by atoms with Gasteiger partial charge in [-0.3, -0.25) is 4.57 Å². The van der Waals surface area contributed by atoms with Gasteiger partial charge in [-0.25, -0.2) is 4.79 Å². The van der Waals surface area contributed by atoms with E-state index in [0.717, 1.165) is 0 Å². The smallest absolute Gasteiger partial charge is 0.479 e. The SMILES string of the molecule is C=CCc1ccc(Oc2c(C)n(-c3noc4cc(Cl)ccc34)c3ccc(OC(F)(F)F)cc23)cc1O[C@@H](C)C(=O)O. The normalized spacial score (nSPS) is 12.4. The predicted octanol–water partition coefficient (Wildman–Crippen LogP) is 8.00. The Balaban J connectivity index is 1.67. The number of nitrogens with zero attached hydrogens (tertiary/aromatic N) is 2. The summed E-state index contributed by atoms with van der Waals surface area (Å²) in [6, 6.07) is 13.7. The number of carboxylic acids is 1. The summed E-state index contributed by atoms with van der Waals surface area (Å²) in [6.45, 7) is 6.82. The maximum Gasteiger partial charge on any atom is 0.573 e. The van der Waals surface area contributed by atoms with Crippen molar-refractivity contribution in [2.45, 2.75) is 32.7 Å². The molecule has 8 nitrogen and oxygen atoms in total. The molecule has 41 heavy (non-hydrogen) atoms. The largest absolute Gasteiger partial charge is 0.573 e. The quantitative estimate of drug-likeness (QED) is 0.175. The summed E-state index contributed by atoms with van der Waals surface area (Å²) in [5, 5.41) is 14.9. The van der Waals surface area contributed by atoms with Gasteiger partial charge in [-0.15, -0.1) is 19.8 Å². The Morgan fingerprint density at radius 2 is 1.90 bits per heavy atom. The first-order valence-electron chi connectivity index (χ1n) is 12.2. The van der Waals surface area contributed by atoms with Gasteiger partial charge in [0.25, 0.3) is 0 Å². The summed E-state index contributed by atoms with van der Waals surface area (Å²) in [6.07, 6.45) is -4.00. The standard InChI is InChI=1S/C29H22ClF3N2O6/c1-4-5-17-6-8-19(14-24(17)38-16(3)28(36)37)39-26-15(2)35(27-21-10-7-18(30)12-25(21)41-34-27)23-11-9-20(13-22(23)26)40-29(31,32)33/h4,6-14,16H,1,5H2,2-3H3,(H,36,37)/t16-/m0/s1. The molecular weight excluding hydrogens is 565 g/mol. The van der Waals surface area contributed by atoms with Crippen LogP contribution in [0.15, 0.2) is 71.8 Å². The van der Waals surface area contributed by atoms with Crippen LogP contribution < -0.4 is 14.2 Å². The lowest BCUT2D eigenvalue weighted by atomic mass is 10.1. The van der Waals surface area contributed by atoms with Crippen LogP contribution in [0, 0.1) is 6.92 Å². The molecule has 1 atom stereocenters. The van der Waals surface area contributed by atoms with Crippen molar-refractivity contribution in [1.29, 1.82) is 0 Å². The molecule has 0 amide bonds.